The Bertz CT molecular complexity index is 588. The molecule has 0 aliphatic carbocycles. The van der Waals surface area contributed by atoms with E-state index in [2.05, 4.69) is 4.98 Å². The highest BCUT2D eigenvalue weighted by Crippen LogP contribution is 2.22. The first-order valence-corrected chi connectivity index (χ1v) is 7.02. The maximum atomic E-state index is 13.5. The molecule has 0 aliphatic rings. The molecule has 0 spiro atoms. The Morgan fingerprint density at radius 1 is 1.47 bits per heavy atom. The second-order valence-corrected chi connectivity index (χ2v) is 5.12. The summed E-state index contributed by atoms with van der Waals surface area (Å²) in [5, 5.41) is 2.33. The highest BCUT2D eigenvalue weighted by molar-refractivity contribution is 7.13. The molecule has 1 heterocycles. The van der Waals surface area contributed by atoms with Crippen molar-refractivity contribution in [3.8, 4) is 0 Å². The number of hydrogen-bond acceptors (Lipinski definition) is 4. The molecular formula is C13H12ClFN2OS. The Morgan fingerprint density at radius 2 is 2.21 bits per heavy atom. The number of alkyl halides is 1. The predicted molar refractivity (Wildman–Crippen MR) is 75.7 cm³/mol. The fraction of sp³-hybridized carbons (Fsp3) is 0.231. The van der Waals surface area contributed by atoms with Gasteiger partial charge in [0.25, 0.3) is 0 Å². The second kappa shape index (κ2) is 6.12. The summed E-state index contributed by atoms with van der Waals surface area (Å²) in [7, 11) is 1.81. The molecule has 1 aromatic heterocycles. The van der Waals surface area contributed by atoms with Gasteiger partial charge in [-0.25, -0.2) is 9.37 Å². The van der Waals surface area contributed by atoms with Crippen LogP contribution in [0.5, 0.6) is 0 Å². The van der Waals surface area contributed by atoms with Crippen LogP contribution in [-0.4, -0.2) is 23.7 Å². The molecule has 0 saturated heterocycles. The van der Waals surface area contributed by atoms with Crippen molar-refractivity contribution in [2.75, 3.05) is 17.8 Å². The Balaban J connectivity index is 2.12. The summed E-state index contributed by atoms with van der Waals surface area (Å²) < 4.78 is 13.5. The first kappa shape index (κ1) is 14.0. The van der Waals surface area contributed by atoms with E-state index in [9.17, 15) is 9.18 Å². The van der Waals surface area contributed by atoms with E-state index in [1.807, 2.05) is 0 Å². The summed E-state index contributed by atoms with van der Waals surface area (Å²) in [5.74, 6) is -0.536. The van der Waals surface area contributed by atoms with Crippen molar-refractivity contribution in [3.63, 3.8) is 0 Å². The minimum atomic E-state index is -0.247. The lowest BCUT2D eigenvalue weighted by Gasteiger charge is -2.15. The van der Waals surface area contributed by atoms with Crippen LogP contribution in [0.15, 0.2) is 29.6 Å². The SMILES string of the molecule is CN(Cc1ccccc1F)c1nc(C(=O)CCl)cs1. The van der Waals surface area contributed by atoms with Crippen molar-refractivity contribution >= 4 is 33.9 Å². The van der Waals surface area contributed by atoms with Crippen LogP contribution in [0.2, 0.25) is 0 Å². The van der Waals surface area contributed by atoms with Gasteiger partial charge in [0.2, 0.25) is 0 Å². The van der Waals surface area contributed by atoms with Gasteiger partial charge in [-0.05, 0) is 6.07 Å². The topological polar surface area (TPSA) is 33.2 Å². The van der Waals surface area contributed by atoms with Gasteiger partial charge in [0, 0.05) is 24.5 Å². The minimum Gasteiger partial charge on any atom is -0.347 e. The zero-order valence-corrected chi connectivity index (χ0v) is 11.8. The maximum Gasteiger partial charge on any atom is 0.196 e. The molecule has 0 atom stereocenters. The van der Waals surface area contributed by atoms with Crippen LogP contribution in [0.1, 0.15) is 16.1 Å². The fourth-order valence-corrected chi connectivity index (χ4v) is 2.52. The normalized spacial score (nSPS) is 10.5. The summed E-state index contributed by atoms with van der Waals surface area (Å²) >= 11 is 6.82. The van der Waals surface area contributed by atoms with Crippen molar-refractivity contribution in [1.29, 1.82) is 0 Å². The van der Waals surface area contributed by atoms with Crippen LogP contribution in [-0.2, 0) is 6.54 Å². The third-order valence-electron chi connectivity index (χ3n) is 2.59. The van der Waals surface area contributed by atoms with Crippen molar-refractivity contribution in [2.45, 2.75) is 6.54 Å². The van der Waals surface area contributed by atoms with Gasteiger partial charge >= 0.3 is 0 Å². The predicted octanol–water partition coefficient (Wildman–Crippen LogP) is 3.34. The third kappa shape index (κ3) is 3.30. The van der Waals surface area contributed by atoms with E-state index in [0.29, 0.717) is 22.9 Å². The van der Waals surface area contributed by atoms with Crippen LogP contribution >= 0.6 is 22.9 Å². The number of carbonyl (C=O) groups excluding carboxylic acids is 1. The molecule has 2 aromatic rings. The lowest BCUT2D eigenvalue weighted by atomic mass is 10.2. The van der Waals surface area contributed by atoms with Crippen molar-refractivity contribution in [3.05, 3.63) is 46.7 Å². The van der Waals surface area contributed by atoms with E-state index >= 15 is 0 Å². The van der Waals surface area contributed by atoms with Gasteiger partial charge in [-0.1, -0.05) is 18.2 Å². The third-order valence-corrected chi connectivity index (χ3v) is 3.79. The summed E-state index contributed by atoms with van der Waals surface area (Å²) in [5.41, 5.74) is 0.945. The number of aromatic nitrogens is 1. The first-order chi connectivity index (χ1) is 9.11. The average Bonchev–Trinajstić information content (AvgIpc) is 2.90. The smallest absolute Gasteiger partial charge is 0.196 e. The maximum absolute atomic E-state index is 13.5. The molecule has 6 heteroatoms. The van der Waals surface area contributed by atoms with E-state index in [1.165, 1.54) is 17.4 Å². The van der Waals surface area contributed by atoms with Crippen molar-refractivity contribution < 1.29 is 9.18 Å². The fourth-order valence-electron chi connectivity index (χ4n) is 1.59. The average molecular weight is 299 g/mol. The van der Waals surface area contributed by atoms with Gasteiger partial charge in [0.05, 0.1) is 5.88 Å². The number of rotatable bonds is 5. The molecular weight excluding hydrogens is 287 g/mol. The van der Waals surface area contributed by atoms with Gasteiger partial charge in [-0.15, -0.1) is 22.9 Å². The Morgan fingerprint density at radius 3 is 2.89 bits per heavy atom. The summed E-state index contributed by atoms with van der Waals surface area (Å²) in [4.78, 5) is 17.4. The molecule has 0 aliphatic heterocycles. The summed E-state index contributed by atoms with van der Waals surface area (Å²) in [6.07, 6.45) is 0. The summed E-state index contributed by atoms with van der Waals surface area (Å²) in [6, 6.07) is 6.59. The van der Waals surface area contributed by atoms with Gasteiger partial charge in [-0.3, -0.25) is 4.79 Å². The molecule has 19 heavy (non-hydrogen) atoms. The van der Waals surface area contributed by atoms with Crippen LogP contribution < -0.4 is 4.90 Å². The van der Waals surface area contributed by atoms with E-state index in [-0.39, 0.29) is 17.5 Å². The van der Waals surface area contributed by atoms with Crippen molar-refractivity contribution in [1.82, 2.24) is 4.98 Å². The molecule has 0 fully saturated rings. The molecule has 0 amide bonds. The Kier molecular flexibility index (Phi) is 4.50. The molecule has 0 radical (unpaired) electrons. The number of hydrogen-bond donors (Lipinski definition) is 0. The van der Waals surface area contributed by atoms with Crippen LogP contribution in [0, 0.1) is 5.82 Å². The van der Waals surface area contributed by atoms with E-state index in [4.69, 9.17) is 11.6 Å². The number of ketones is 1. The number of nitrogens with zero attached hydrogens (tertiary/aromatic N) is 2. The van der Waals surface area contributed by atoms with Crippen LogP contribution in [0.4, 0.5) is 9.52 Å². The van der Waals surface area contributed by atoms with Gasteiger partial charge < -0.3 is 4.90 Å². The first-order valence-electron chi connectivity index (χ1n) is 5.61. The highest BCUT2D eigenvalue weighted by atomic mass is 35.5. The molecule has 0 saturated carbocycles. The van der Waals surface area contributed by atoms with Gasteiger partial charge in [0.15, 0.2) is 10.9 Å². The molecule has 0 bridgehead atoms. The molecule has 3 nitrogen and oxygen atoms in total. The summed E-state index contributed by atoms with van der Waals surface area (Å²) in [6.45, 7) is 0.398. The van der Waals surface area contributed by atoms with Crippen LogP contribution in [0.3, 0.4) is 0 Å². The monoisotopic (exact) mass is 298 g/mol. The molecule has 100 valence electrons. The highest BCUT2D eigenvalue weighted by Gasteiger charge is 2.13. The largest absolute Gasteiger partial charge is 0.347 e. The number of carbonyl (C=O) groups is 1. The standard InChI is InChI=1S/C13H12ClFN2OS/c1-17(7-9-4-2-3-5-10(9)15)13-16-11(8-19-13)12(18)6-14/h2-5,8H,6-7H2,1H3. The quantitative estimate of drug-likeness (QED) is 0.627. The zero-order valence-electron chi connectivity index (χ0n) is 10.3. The Hall–Kier alpha value is -1.46. The molecule has 2 rings (SSSR count). The second-order valence-electron chi connectivity index (χ2n) is 4.02. The number of benzene rings is 1. The number of Topliss-reactive ketones (excluding diaryl/α,β-unsaturated/α-hetero) is 1. The van der Waals surface area contributed by atoms with E-state index in [0.717, 1.165) is 0 Å². The van der Waals surface area contributed by atoms with E-state index in [1.54, 1.807) is 35.5 Å². The number of thiazole rings is 1. The molecule has 1 aromatic carbocycles. The van der Waals surface area contributed by atoms with E-state index < -0.39 is 0 Å². The van der Waals surface area contributed by atoms with Crippen molar-refractivity contribution in [2.24, 2.45) is 0 Å². The molecule has 0 unspecified atom stereocenters. The number of anilines is 1. The van der Waals surface area contributed by atoms with Gasteiger partial charge in [-0.2, -0.15) is 0 Å². The number of halogens is 2. The lowest BCUT2D eigenvalue weighted by molar-refractivity contribution is 0.101. The molecule has 0 N–H and O–H groups in total. The van der Waals surface area contributed by atoms with Crippen LogP contribution in [0.25, 0.3) is 0 Å². The minimum absolute atomic E-state index is 0.0831. The zero-order chi connectivity index (χ0) is 13.8. The van der Waals surface area contributed by atoms with Gasteiger partial charge in [0.1, 0.15) is 11.5 Å². The lowest BCUT2D eigenvalue weighted by Crippen LogP contribution is -2.17. The Labute approximate surface area is 119 Å².